The fourth-order valence-electron chi connectivity index (χ4n) is 1.94. The number of hydrogen-bond donors (Lipinski definition) is 1. The first-order chi connectivity index (χ1) is 8.54. The number of rotatable bonds is 6. The smallest absolute Gasteiger partial charge is 0.141 e. The number of nitrogens with two attached hydrogens (primary N) is 1. The summed E-state index contributed by atoms with van der Waals surface area (Å²) in [5, 5.41) is 0. The fourth-order valence-corrected chi connectivity index (χ4v) is 2.62. The minimum absolute atomic E-state index is 0.0166. The Morgan fingerprint density at radius 3 is 2.44 bits per heavy atom. The number of halogens is 1. The van der Waals surface area contributed by atoms with Crippen LogP contribution in [0, 0.1) is 5.92 Å². The molecular weight excluding hydrogens is 294 g/mol. The van der Waals surface area contributed by atoms with E-state index in [2.05, 4.69) is 29.8 Å². The lowest BCUT2D eigenvalue weighted by molar-refractivity contribution is 0.378. The summed E-state index contributed by atoms with van der Waals surface area (Å²) in [5.41, 5.74) is 7.29. The van der Waals surface area contributed by atoms with Crippen molar-refractivity contribution >= 4 is 15.9 Å². The van der Waals surface area contributed by atoms with Crippen LogP contribution in [0.4, 0.5) is 0 Å². The van der Waals surface area contributed by atoms with Gasteiger partial charge in [0.15, 0.2) is 0 Å². The zero-order valence-corrected chi connectivity index (χ0v) is 13.1. The van der Waals surface area contributed by atoms with Crippen LogP contribution in [0.1, 0.15) is 38.3 Å². The Kier molecular flexibility index (Phi) is 5.96. The van der Waals surface area contributed by atoms with Gasteiger partial charge >= 0.3 is 0 Å². The highest BCUT2D eigenvalue weighted by molar-refractivity contribution is 9.10. The average Bonchev–Trinajstić information content (AvgIpc) is 2.37. The van der Waals surface area contributed by atoms with E-state index in [1.54, 1.807) is 14.2 Å². The minimum Gasteiger partial charge on any atom is -0.495 e. The second-order valence-corrected chi connectivity index (χ2v) is 5.35. The molecule has 0 aliphatic rings. The van der Waals surface area contributed by atoms with Gasteiger partial charge in [-0.3, -0.25) is 0 Å². The molecule has 3 nitrogen and oxygen atoms in total. The molecule has 2 N–H and O–H groups in total. The molecule has 0 aliphatic heterocycles. The van der Waals surface area contributed by atoms with Gasteiger partial charge in [-0.15, -0.1) is 0 Å². The molecule has 0 fully saturated rings. The van der Waals surface area contributed by atoms with Crippen molar-refractivity contribution in [1.29, 1.82) is 0 Å². The van der Waals surface area contributed by atoms with Gasteiger partial charge in [0.1, 0.15) is 16.0 Å². The van der Waals surface area contributed by atoms with Crippen LogP contribution < -0.4 is 15.2 Å². The molecule has 0 heterocycles. The van der Waals surface area contributed by atoms with Gasteiger partial charge in [-0.05, 0) is 40.4 Å². The van der Waals surface area contributed by atoms with Crippen LogP contribution in [0.5, 0.6) is 11.5 Å². The van der Waals surface area contributed by atoms with Crippen LogP contribution in [-0.2, 0) is 0 Å². The first-order valence-corrected chi connectivity index (χ1v) is 7.00. The SMILES string of the molecule is CCC(C)CC(N)c1ccc(OC)c(Br)c1OC. The molecule has 0 saturated carbocycles. The van der Waals surface area contributed by atoms with E-state index in [0.717, 1.165) is 34.4 Å². The van der Waals surface area contributed by atoms with Crippen molar-refractivity contribution in [2.75, 3.05) is 14.2 Å². The van der Waals surface area contributed by atoms with Crippen molar-refractivity contribution in [2.24, 2.45) is 11.7 Å². The van der Waals surface area contributed by atoms with Crippen LogP contribution in [0.2, 0.25) is 0 Å². The lowest BCUT2D eigenvalue weighted by atomic mass is 9.94. The second kappa shape index (κ2) is 7.00. The molecule has 0 bridgehead atoms. The zero-order valence-electron chi connectivity index (χ0n) is 11.5. The van der Waals surface area contributed by atoms with Gasteiger partial charge in [-0.2, -0.15) is 0 Å². The lowest BCUT2D eigenvalue weighted by Crippen LogP contribution is -2.15. The maximum Gasteiger partial charge on any atom is 0.141 e. The number of methoxy groups -OCH3 is 2. The Morgan fingerprint density at radius 1 is 1.28 bits per heavy atom. The van der Waals surface area contributed by atoms with Crippen LogP contribution in [-0.4, -0.2) is 14.2 Å². The fraction of sp³-hybridized carbons (Fsp3) is 0.571. The predicted molar refractivity (Wildman–Crippen MR) is 78.2 cm³/mol. The molecule has 2 atom stereocenters. The number of benzene rings is 1. The summed E-state index contributed by atoms with van der Waals surface area (Å²) in [5.74, 6) is 2.13. The van der Waals surface area contributed by atoms with Gasteiger partial charge in [0.2, 0.25) is 0 Å². The topological polar surface area (TPSA) is 44.5 Å². The monoisotopic (exact) mass is 315 g/mol. The molecule has 18 heavy (non-hydrogen) atoms. The van der Waals surface area contributed by atoms with Crippen LogP contribution in [0.15, 0.2) is 16.6 Å². The quantitative estimate of drug-likeness (QED) is 0.865. The Bertz CT molecular complexity index is 396. The maximum atomic E-state index is 6.27. The third-order valence-corrected chi connectivity index (χ3v) is 4.02. The lowest BCUT2D eigenvalue weighted by Gasteiger charge is -2.20. The van der Waals surface area contributed by atoms with Gasteiger partial charge in [0, 0.05) is 11.6 Å². The first-order valence-electron chi connectivity index (χ1n) is 6.21. The molecule has 1 aromatic carbocycles. The van der Waals surface area contributed by atoms with E-state index in [9.17, 15) is 0 Å². The molecule has 0 amide bonds. The van der Waals surface area contributed by atoms with Crippen molar-refractivity contribution < 1.29 is 9.47 Å². The Labute approximate surface area is 118 Å². The summed E-state index contributed by atoms with van der Waals surface area (Å²) >= 11 is 3.50. The van der Waals surface area contributed by atoms with Gasteiger partial charge in [-0.1, -0.05) is 20.3 Å². The van der Waals surface area contributed by atoms with Crippen LogP contribution in [0.25, 0.3) is 0 Å². The largest absolute Gasteiger partial charge is 0.495 e. The summed E-state index contributed by atoms with van der Waals surface area (Å²) in [7, 11) is 3.29. The zero-order chi connectivity index (χ0) is 13.7. The molecule has 0 saturated heterocycles. The Hall–Kier alpha value is -0.740. The molecule has 2 unspecified atom stereocenters. The second-order valence-electron chi connectivity index (χ2n) is 4.56. The standard InChI is InChI=1S/C14H22BrNO2/c1-5-9(2)8-11(16)10-6-7-12(17-3)13(15)14(10)18-4/h6-7,9,11H,5,8,16H2,1-4H3. The molecule has 0 radical (unpaired) electrons. The van der Waals surface area contributed by atoms with Crippen molar-refractivity contribution in [3.05, 3.63) is 22.2 Å². The van der Waals surface area contributed by atoms with Crippen LogP contribution >= 0.6 is 15.9 Å². The maximum absolute atomic E-state index is 6.27. The highest BCUT2D eigenvalue weighted by atomic mass is 79.9. The summed E-state index contributed by atoms with van der Waals surface area (Å²) < 4.78 is 11.5. The van der Waals surface area contributed by atoms with E-state index in [-0.39, 0.29) is 6.04 Å². The van der Waals surface area contributed by atoms with Gasteiger partial charge in [-0.25, -0.2) is 0 Å². The molecule has 0 spiro atoms. The minimum atomic E-state index is -0.0166. The van der Waals surface area contributed by atoms with Gasteiger partial charge in [0.05, 0.1) is 14.2 Å². The summed E-state index contributed by atoms with van der Waals surface area (Å²) in [6, 6.07) is 3.88. The summed E-state index contributed by atoms with van der Waals surface area (Å²) in [6.07, 6.45) is 2.08. The molecule has 0 aliphatic carbocycles. The third kappa shape index (κ3) is 3.39. The highest BCUT2D eigenvalue weighted by Crippen LogP contribution is 2.40. The van der Waals surface area contributed by atoms with E-state index in [1.165, 1.54) is 0 Å². The van der Waals surface area contributed by atoms with Crippen molar-refractivity contribution in [2.45, 2.75) is 32.7 Å². The van der Waals surface area contributed by atoms with Crippen LogP contribution in [0.3, 0.4) is 0 Å². The highest BCUT2D eigenvalue weighted by Gasteiger charge is 2.19. The van der Waals surface area contributed by atoms with E-state index >= 15 is 0 Å². The first kappa shape index (κ1) is 15.3. The summed E-state index contributed by atoms with van der Waals surface area (Å²) in [4.78, 5) is 0. The molecular formula is C14H22BrNO2. The van der Waals surface area contributed by atoms with E-state index in [1.807, 2.05) is 12.1 Å². The Morgan fingerprint density at radius 2 is 1.94 bits per heavy atom. The van der Waals surface area contributed by atoms with E-state index < -0.39 is 0 Å². The molecule has 0 aromatic heterocycles. The molecule has 1 aromatic rings. The van der Waals surface area contributed by atoms with Gasteiger partial charge in [0.25, 0.3) is 0 Å². The number of ether oxygens (including phenoxy) is 2. The Balaban J connectivity index is 3.05. The van der Waals surface area contributed by atoms with E-state index in [0.29, 0.717) is 5.92 Å². The molecule has 4 heteroatoms. The van der Waals surface area contributed by atoms with E-state index in [4.69, 9.17) is 15.2 Å². The van der Waals surface area contributed by atoms with Crippen molar-refractivity contribution in [1.82, 2.24) is 0 Å². The van der Waals surface area contributed by atoms with Crippen molar-refractivity contribution in [3.63, 3.8) is 0 Å². The number of hydrogen-bond acceptors (Lipinski definition) is 3. The molecule has 1 rings (SSSR count). The predicted octanol–water partition coefficient (Wildman–Crippen LogP) is 3.90. The third-order valence-electron chi connectivity index (χ3n) is 3.27. The average molecular weight is 316 g/mol. The van der Waals surface area contributed by atoms with Gasteiger partial charge < -0.3 is 15.2 Å². The molecule has 102 valence electrons. The summed E-state index contributed by atoms with van der Waals surface area (Å²) in [6.45, 7) is 4.39. The normalized spacial score (nSPS) is 14.1. The van der Waals surface area contributed by atoms with Crippen molar-refractivity contribution in [3.8, 4) is 11.5 Å².